The molecule has 0 saturated heterocycles. The van der Waals surface area contributed by atoms with E-state index in [9.17, 15) is 0 Å². The zero-order chi connectivity index (χ0) is 31.6. The Bertz CT molecular complexity index is 2120. The molecule has 0 aliphatic rings. The van der Waals surface area contributed by atoms with E-state index in [0.717, 1.165) is 56.1 Å². The van der Waals surface area contributed by atoms with Crippen LogP contribution in [-0.2, 0) is 0 Å². The Morgan fingerprint density at radius 3 is 1.26 bits per heavy atom. The topological polar surface area (TPSA) is 37.6 Å². The number of pyridine rings is 1. The summed E-state index contributed by atoms with van der Waals surface area (Å²) in [7, 11) is 0. The van der Waals surface area contributed by atoms with Crippen molar-refractivity contribution in [2.24, 2.45) is 9.98 Å². The van der Waals surface area contributed by atoms with E-state index < -0.39 is 0 Å². The molecule has 7 aromatic rings. The molecule has 0 saturated carbocycles. The molecule has 46 heavy (non-hydrogen) atoms. The van der Waals surface area contributed by atoms with Crippen LogP contribution in [0.1, 0.15) is 36.4 Å². The van der Waals surface area contributed by atoms with Gasteiger partial charge in [0, 0.05) is 10.8 Å². The fourth-order valence-corrected chi connectivity index (χ4v) is 6.23. The molecule has 0 radical (unpaired) electrons. The molecule has 1 aromatic heterocycles. The van der Waals surface area contributed by atoms with Crippen molar-refractivity contribution in [3.05, 3.63) is 162 Å². The van der Waals surface area contributed by atoms with Gasteiger partial charge in [-0.05, 0) is 84.0 Å². The molecular formula is C43H35N3. The maximum Gasteiger partial charge on any atom is 0.0849 e. The second kappa shape index (κ2) is 12.4. The number of rotatable bonds is 6. The molecule has 3 heteroatoms. The zero-order valence-corrected chi connectivity index (χ0v) is 26.6. The quantitative estimate of drug-likeness (QED) is 0.177. The number of nitrogens with zero attached hydrogens (tertiary/aromatic N) is 3. The Kier molecular flexibility index (Phi) is 7.82. The smallest absolute Gasteiger partial charge is 0.0849 e. The molecule has 7 rings (SSSR count). The summed E-state index contributed by atoms with van der Waals surface area (Å²) in [6, 6.07) is 48.8. The number of hydrogen-bond acceptors (Lipinski definition) is 3. The summed E-state index contributed by atoms with van der Waals surface area (Å²) in [6.07, 6.45) is 0. The third-order valence-electron chi connectivity index (χ3n) is 8.69. The van der Waals surface area contributed by atoms with Crippen LogP contribution >= 0.6 is 0 Å². The maximum absolute atomic E-state index is 5.18. The van der Waals surface area contributed by atoms with Crippen LogP contribution in [0.15, 0.2) is 150 Å². The molecule has 1 heterocycles. The van der Waals surface area contributed by atoms with Crippen molar-refractivity contribution in [1.82, 2.24) is 4.98 Å². The Hall–Kier alpha value is -5.67. The lowest BCUT2D eigenvalue weighted by Crippen LogP contribution is -2.05. The van der Waals surface area contributed by atoms with E-state index in [-0.39, 0.29) is 0 Å². The number of aliphatic imine (C=N–C) groups is 2. The minimum absolute atomic E-state index is 0.837. The second-order valence-corrected chi connectivity index (χ2v) is 11.8. The van der Waals surface area contributed by atoms with Gasteiger partial charge in [0.15, 0.2) is 0 Å². The van der Waals surface area contributed by atoms with Crippen molar-refractivity contribution in [3.63, 3.8) is 0 Å². The monoisotopic (exact) mass is 593 g/mol. The molecule has 0 aliphatic heterocycles. The molecule has 0 aliphatic carbocycles. The molecule has 0 atom stereocenters. The summed E-state index contributed by atoms with van der Waals surface area (Å²) in [5.41, 5.74) is 12.4. The van der Waals surface area contributed by atoms with Gasteiger partial charge in [-0.2, -0.15) is 0 Å². The highest BCUT2D eigenvalue weighted by molar-refractivity contribution is 6.09. The first-order chi connectivity index (χ1) is 22.5. The molecular weight excluding hydrogens is 558 g/mol. The Balaban J connectivity index is 1.27. The minimum Gasteiger partial charge on any atom is -0.251 e. The molecule has 0 bridgehead atoms. The molecule has 3 nitrogen and oxygen atoms in total. The van der Waals surface area contributed by atoms with Crippen LogP contribution in [-0.4, -0.2) is 16.4 Å². The highest BCUT2D eigenvalue weighted by Crippen LogP contribution is 2.38. The lowest BCUT2D eigenvalue weighted by molar-refractivity contribution is 1.24. The van der Waals surface area contributed by atoms with Crippen molar-refractivity contribution in [3.8, 4) is 22.3 Å². The molecule has 6 aromatic carbocycles. The van der Waals surface area contributed by atoms with Crippen LogP contribution in [0.25, 0.3) is 43.8 Å². The summed E-state index contributed by atoms with van der Waals surface area (Å²) in [4.78, 5) is 15.4. The van der Waals surface area contributed by atoms with Gasteiger partial charge in [0.1, 0.15) is 0 Å². The van der Waals surface area contributed by atoms with Crippen LogP contribution in [0.5, 0.6) is 0 Å². The van der Waals surface area contributed by atoms with Gasteiger partial charge < -0.3 is 0 Å². The predicted molar refractivity (Wildman–Crippen MR) is 196 cm³/mol. The van der Waals surface area contributed by atoms with Gasteiger partial charge in [-0.15, -0.1) is 0 Å². The van der Waals surface area contributed by atoms with E-state index >= 15 is 0 Å². The normalized spacial score (nSPS) is 12.2. The number of hydrogen-bond donors (Lipinski definition) is 0. The number of aryl methyl sites for hydroxylation is 2. The molecule has 0 amide bonds. The first-order valence-electron chi connectivity index (χ1n) is 15.7. The standard InChI is InChI=1S/C43H35N3/c1-28-24-26-36-34(32-14-7-5-8-15-32)18-11-20-38(36)42(28)44-30(3)40-22-13-23-41(46-40)31(4)45-43-29(2)25-27-37-35(19-12-21-39(37)43)33-16-9-6-10-17-33/h5-27H,1-4H3. The number of benzene rings is 6. The van der Waals surface area contributed by atoms with Crippen LogP contribution < -0.4 is 0 Å². The van der Waals surface area contributed by atoms with E-state index in [1.807, 2.05) is 32.0 Å². The van der Waals surface area contributed by atoms with E-state index in [1.54, 1.807) is 0 Å². The van der Waals surface area contributed by atoms with Gasteiger partial charge in [0.25, 0.3) is 0 Å². The second-order valence-electron chi connectivity index (χ2n) is 11.8. The lowest BCUT2D eigenvalue weighted by Gasteiger charge is -2.13. The lowest BCUT2D eigenvalue weighted by atomic mass is 9.96. The van der Waals surface area contributed by atoms with Gasteiger partial charge in [0.2, 0.25) is 0 Å². The van der Waals surface area contributed by atoms with Gasteiger partial charge in [-0.1, -0.05) is 127 Å². The summed E-state index contributed by atoms with van der Waals surface area (Å²) in [5.74, 6) is 0. The fourth-order valence-electron chi connectivity index (χ4n) is 6.23. The molecule has 222 valence electrons. The summed E-state index contributed by atoms with van der Waals surface area (Å²) < 4.78 is 0. The third-order valence-corrected chi connectivity index (χ3v) is 8.69. The Labute approximate surface area is 270 Å². The van der Waals surface area contributed by atoms with Gasteiger partial charge in [0.05, 0.1) is 34.2 Å². The molecule has 0 unspecified atom stereocenters. The average molecular weight is 594 g/mol. The zero-order valence-electron chi connectivity index (χ0n) is 26.6. The van der Waals surface area contributed by atoms with Crippen molar-refractivity contribution < 1.29 is 0 Å². The first-order valence-corrected chi connectivity index (χ1v) is 15.7. The number of fused-ring (bicyclic) bond motifs is 2. The van der Waals surface area contributed by atoms with E-state index in [2.05, 4.69) is 135 Å². The van der Waals surface area contributed by atoms with Crippen molar-refractivity contribution >= 4 is 44.3 Å². The van der Waals surface area contributed by atoms with E-state index in [1.165, 1.54) is 33.0 Å². The van der Waals surface area contributed by atoms with Crippen LogP contribution in [0, 0.1) is 13.8 Å². The van der Waals surface area contributed by atoms with Crippen LogP contribution in [0.2, 0.25) is 0 Å². The third kappa shape index (κ3) is 5.52. The van der Waals surface area contributed by atoms with Crippen LogP contribution in [0.4, 0.5) is 11.4 Å². The predicted octanol–water partition coefficient (Wildman–Crippen LogP) is 11.6. The summed E-state index contributed by atoms with van der Waals surface area (Å²) in [6.45, 7) is 8.32. The van der Waals surface area contributed by atoms with Gasteiger partial charge in [-0.25, -0.2) is 4.98 Å². The highest BCUT2D eigenvalue weighted by Gasteiger charge is 2.13. The van der Waals surface area contributed by atoms with Crippen molar-refractivity contribution in [2.45, 2.75) is 27.7 Å². The highest BCUT2D eigenvalue weighted by atomic mass is 14.8. The summed E-state index contributed by atoms with van der Waals surface area (Å²) in [5, 5.41) is 4.65. The van der Waals surface area contributed by atoms with Gasteiger partial charge in [-0.3, -0.25) is 9.98 Å². The maximum atomic E-state index is 5.18. The van der Waals surface area contributed by atoms with Gasteiger partial charge >= 0.3 is 0 Å². The van der Waals surface area contributed by atoms with Crippen molar-refractivity contribution in [2.75, 3.05) is 0 Å². The van der Waals surface area contributed by atoms with Crippen LogP contribution in [0.3, 0.4) is 0 Å². The Morgan fingerprint density at radius 1 is 0.413 bits per heavy atom. The SMILES string of the molecule is CC(=Nc1c(C)ccc2c(-c3ccccc3)cccc12)c1cccc(C(C)=Nc2c(C)ccc3c(-c4ccccc4)cccc23)n1. The largest absolute Gasteiger partial charge is 0.251 e. The Morgan fingerprint density at radius 2 is 0.826 bits per heavy atom. The fraction of sp³-hybridized carbons (Fsp3) is 0.0930. The molecule has 0 fully saturated rings. The molecule has 0 spiro atoms. The van der Waals surface area contributed by atoms with Crippen molar-refractivity contribution in [1.29, 1.82) is 0 Å². The minimum atomic E-state index is 0.837. The first kappa shape index (κ1) is 29.1. The van der Waals surface area contributed by atoms with E-state index in [4.69, 9.17) is 15.0 Å². The number of aromatic nitrogens is 1. The van der Waals surface area contributed by atoms with E-state index in [0.29, 0.717) is 0 Å². The molecule has 0 N–H and O–H groups in total. The average Bonchev–Trinajstić information content (AvgIpc) is 3.10. The summed E-state index contributed by atoms with van der Waals surface area (Å²) >= 11 is 0.